The first-order valence-corrected chi connectivity index (χ1v) is 10.8. The van der Waals surface area contributed by atoms with Crippen LogP contribution in [0.2, 0.25) is 0 Å². The van der Waals surface area contributed by atoms with E-state index < -0.39 is 11.7 Å². The molecule has 2 fully saturated rings. The SMILES string of the molecule is CCC(N1CCCCC1)(N1CCCCC1)N1Cc2cccc(C(N)=O)c2C1=O. The summed E-state index contributed by atoms with van der Waals surface area (Å²) >= 11 is 0. The van der Waals surface area contributed by atoms with Crippen LogP contribution in [0.5, 0.6) is 0 Å². The quantitative estimate of drug-likeness (QED) is 0.847. The monoisotopic (exact) mass is 384 g/mol. The molecule has 4 rings (SSSR count). The van der Waals surface area contributed by atoms with Gasteiger partial charge >= 0.3 is 0 Å². The number of fused-ring (bicyclic) bond motifs is 1. The van der Waals surface area contributed by atoms with Crippen molar-refractivity contribution in [1.82, 2.24) is 14.7 Å². The average molecular weight is 385 g/mol. The maximum atomic E-state index is 13.7. The van der Waals surface area contributed by atoms with Gasteiger partial charge in [-0.1, -0.05) is 31.9 Å². The van der Waals surface area contributed by atoms with Crippen molar-refractivity contribution >= 4 is 11.8 Å². The van der Waals surface area contributed by atoms with Gasteiger partial charge in [-0.25, -0.2) is 0 Å². The molecule has 1 aromatic rings. The minimum absolute atomic E-state index is 0.0394. The third-order valence-electron chi connectivity index (χ3n) is 6.84. The zero-order valence-corrected chi connectivity index (χ0v) is 17.0. The summed E-state index contributed by atoms with van der Waals surface area (Å²) in [6.07, 6.45) is 8.09. The Labute approximate surface area is 167 Å². The van der Waals surface area contributed by atoms with Gasteiger partial charge in [0.2, 0.25) is 5.91 Å². The fourth-order valence-electron chi connectivity index (χ4n) is 5.54. The molecule has 0 radical (unpaired) electrons. The van der Waals surface area contributed by atoms with Crippen molar-refractivity contribution in [3.05, 3.63) is 34.9 Å². The van der Waals surface area contributed by atoms with E-state index in [2.05, 4.69) is 16.7 Å². The van der Waals surface area contributed by atoms with Crippen LogP contribution >= 0.6 is 0 Å². The van der Waals surface area contributed by atoms with Crippen molar-refractivity contribution in [3.63, 3.8) is 0 Å². The number of primary amides is 1. The molecule has 0 aliphatic carbocycles. The molecule has 0 aromatic heterocycles. The zero-order chi connectivity index (χ0) is 19.7. The molecule has 3 aliphatic heterocycles. The highest BCUT2D eigenvalue weighted by molar-refractivity contribution is 6.09. The fraction of sp³-hybridized carbons (Fsp3) is 0.636. The summed E-state index contributed by atoms with van der Waals surface area (Å²) < 4.78 is 0. The average Bonchev–Trinajstić information content (AvgIpc) is 3.08. The van der Waals surface area contributed by atoms with Gasteiger partial charge in [0.05, 0.1) is 11.1 Å². The lowest BCUT2D eigenvalue weighted by Crippen LogP contribution is -2.71. The Morgan fingerprint density at radius 2 is 1.57 bits per heavy atom. The minimum atomic E-state index is -0.523. The molecule has 0 atom stereocenters. The van der Waals surface area contributed by atoms with Crippen molar-refractivity contribution in [2.75, 3.05) is 26.2 Å². The third-order valence-corrected chi connectivity index (χ3v) is 6.84. The topological polar surface area (TPSA) is 69.9 Å². The van der Waals surface area contributed by atoms with E-state index >= 15 is 0 Å². The Hall–Kier alpha value is -1.92. The van der Waals surface area contributed by atoms with Crippen LogP contribution in [0.4, 0.5) is 0 Å². The van der Waals surface area contributed by atoms with Crippen molar-refractivity contribution in [1.29, 1.82) is 0 Å². The largest absolute Gasteiger partial charge is 0.366 e. The summed E-state index contributed by atoms with van der Waals surface area (Å²) in [5, 5.41) is 0. The van der Waals surface area contributed by atoms with Gasteiger partial charge in [-0.3, -0.25) is 19.4 Å². The Kier molecular flexibility index (Phi) is 5.43. The number of piperidine rings is 2. The highest BCUT2D eigenvalue weighted by atomic mass is 16.2. The molecule has 2 N–H and O–H groups in total. The van der Waals surface area contributed by atoms with E-state index in [0.717, 1.165) is 38.2 Å². The number of likely N-dealkylation sites (tertiary alicyclic amines) is 2. The van der Waals surface area contributed by atoms with E-state index in [1.54, 1.807) is 6.07 Å². The maximum absolute atomic E-state index is 13.7. The van der Waals surface area contributed by atoms with Gasteiger partial charge in [-0.05, 0) is 43.7 Å². The molecule has 0 unspecified atom stereocenters. The number of carbonyl (C=O) groups excluding carboxylic acids is 2. The number of amides is 2. The van der Waals surface area contributed by atoms with Crippen LogP contribution in [-0.4, -0.2) is 58.5 Å². The first kappa shape index (κ1) is 19.4. The van der Waals surface area contributed by atoms with E-state index in [4.69, 9.17) is 5.73 Å². The van der Waals surface area contributed by atoms with Gasteiger partial charge in [0.25, 0.3) is 5.91 Å². The summed E-state index contributed by atoms with van der Waals surface area (Å²) in [5.41, 5.74) is 7.38. The molecule has 3 aliphatic rings. The lowest BCUT2D eigenvalue weighted by molar-refractivity contribution is -0.166. The smallest absolute Gasteiger partial charge is 0.257 e. The first-order valence-electron chi connectivity index (χ1n) is 10.8. The number of hydrogen-bond donors (Lipinski definition) is 1. The summed E-state index contributed by atoms with van der Waals surface area (Å²) in [5.74, 6) is -0.973. The van der Waals surface area contributed by atoms with Gasteiger partial charge in [0.1, 0.15) is 0 Å². The van der Waals surface area contributed by atoms with Crippen LogP contribution < -0.4 is 5.73 Å². The number of nitrogens with zero attached hydrogens (tertiary/aromatic N) is 3. The van der Waals surface area contributed by atoms with Gasteiger partial charge in [-0.15, -0.1) is 0 Å². The predicted octanol–water partition coefficient (Wildman–Crippen LogP) is 2.78. The van der Waals surface area contributed by atoms with Crippen LogP contribution in [-0.2, 0) is 6.54 Å². The van der Waals surface area contributed by atoms with Crippen LogP contribution in [0, 0.1) is 0 Å². The summed E-state index contributed by atoms with van der Waals surface area (Å²) in [6, 6.07) is 5.48. The molecule has 152 valence electrons. The number of hydrogen-bond acceptors (Lipinski definition) is 4. The molecular weight excluding hydrogens is 352 g/mol. The molecule has 0 bridgehead atoms. The van der Waals surface area contributed by atoms with Crippen molar-refractivity contribution < 1.29 is 9.59 Å². The van der Waals surface area contributed by atoms with E-state index in [1.165, 1.54) is 38.5 Å². The summed E-state index contributed by atoms with van der Waals surface area (Å²) in [4.78, 5) is 32.8. The van der Waals surface area contributed by atoms with Crippen molar-refractivity contribution in [2.24, 2.45) is 5.73 Å². The van der Waals surface area contributed by atoms with E-state index in [1.807, 2.05) is 17.0 Å². The second-order valence-corrected chi connectivity index (χ2v) is 8.32. The standard InChI is InChI=1S/C22H32N4O2/c1-2-22(24-12-5-3-6-13-24,25-14-7-4-8-15-25)26-16-17-10-9-11-18(20(23)27)19(17)21(26)28/h9-11H,2-8,12-16H2,1H3,(H2,23,27). The zero-order valence-electron chi connectivity index (χ0n) is 17.0. The Morgan fingerprint density at radius 1 is 1.00 bits per heavy atom. The van der Waals surface area contributed by atoms with E-state index in [9.17, 15) is 9.59 Å². The highest BCUT2D eigenvalue weighted by Crippen LogP contribution is 2.40. The molecule has 1 aromatic carbocycles. The molecule has 3 heterocycles. The van der Waals surface area contributed by atoms with E-state index in [0.29, 0.717) is 17.7 Å². The molecular formula is C22H32N4O2. The van der Waals surface area contributed by atoms with Crippen LogP contribution in [0.15, 0.2) is 18.2 Å². The van der Waals surface area contributed by atoms with Gasteiger partial charge in [0.15, 0.2) is 5.79 Å². The second-order valence-electron chi connectivity index (χ2n) is 8.32. The summed E-state index contributed by atoms with van der Waals surface area (Å²) in [6.45, 7) is 6.84. The lowest BCUT2D eigenvalue weighted by atomic mass is 10.0. The fourth-order valence-corrected chi connectivity index (χ4v) is 5.54. The Bertz CT molecular complexity index is 733. The lowest BCUT2D eigenvalue weighted by Gasteiger charge is -2.57. The Morgan fingerprint density at radius 3 is 2.07 bits per heavy atom. The number of carbonyl (C=O) groups is 2. The number of nitrogens with two attached hydrogens (primary N) is 1. The third kappa shape index (κ3) is 3.03. The maximum Gasteiger partial charge on any atom is 0.257 e. The molecule has 6 nitrogen and oxygen atoms in total. The summed E-state index contributed by atoms with van der Waals surface area (Å²) in [7, 11) is 0. The first-order chi connectivity index (χ1) is 13.6. The van der Waals surface area contributed by atoms with E-state index in [-0.39, 0.29) is 5.91 Å². The number of benzene rings is 1. The minimum Gasteiger partial charge on any atom is -0.366 e. The molecule has 6 heteroatoms. The highest BCUT2D eigenvalue weighted by Gasteiger charge is 2.51. The number of rotatable bonds is 5. The van der Waals surface area contributed by atoms with Crippen LogP contribution in [0.1, 0.15) is 78.1 Å². The van der Waals surface area contributed by atoms with Crippen molar-refractivity contribution in [2.45, 2.75) is 64.2 Å². The van der Waals surface area contributed by atoms with Crippen molar-refractivity contribution in [3.8, 4) is 0 Å². The molecule has 0 spiro atoms. The molecule has 28 heavy (non-hydrogen) atoms. The van der Waals surface area contributed by atoms with Gasteiger partial charge in [-0.2, -0.15) is 0 Å². The molecule has 2 amide bonds. The predicted molar refractivity (Wildman–Crippen MR) is 109 cm³/mol. The normalized spacial score (nSPS) is 21.8. The van der Waals surface area contributed by atoms with Gasteiger partial charge in [0, 0.05) is 32.7 Å². The molecule has 2 saturated heterocycles. The van der Waals surface area contributed by atoms with Crippen LogP contribution in [0.25, 0.3) is 0 Å². The molecule has 0 saturated carbocycles. The Balaban J connectivity index is 1.77. The van der Waals surface area contributed by atoms with Crippen LogP contribution in [0.3, 0.4) is 0 Å². The second kappa shape index (κ2) is 7.84. The van der Waals surface area contributed by atoms with Gasteiger partial charge < -0.3 is 10.6 Å².